The zero-order valence-corrected chi connectivity index (χ0v) is 13.5. The number of fused-ring (bicyclic) bond motifs is 1. The summed E-state index contributed by atoms with van der Waals surface area (Å²) >= 11 is 0. The van der Waals surface area contributed by atoms with Crippen LogP contribution >= 0.6 is 0 Å². The van der Waals surface area contributed by atoms with Gasteiger partial charge in [0.25, 0.3) is 0 Å². The molecule has 0 aliphatic rings. The lowest BCUT2D eigenvalue weighted by atomic mass is 10.1. The standard InChI is InChI=1S/C17H17N7/c1-11-14(12(2)21-20-11)9-18-16-8-15(13-6-4-3-5-7-13)23-24-10-19-22-17(16)24/h3-8,10,18H,9H2,1-2H3,(H,20,21). The van der Waals surface area contributed by atoms with Gasteiger partial charge in [-0.05, 0) is 19.9 Å². The van der Waals surface area contributed by atoms with E-state index >= 15 is 0 Å². The summed E-state index contributed by atoms with van der Waals surface area (Å²) in [5.74, 6) is 0. The van der Waals surface area contributed by atoms with Crippen LogP contribution in [-0.4, -0.2) is 30.0 Å². The van der Waals surface area contributed by atoms with Crippen molar-refractivity contribution < 1.29 is 0 Å². The maximum atomic E-state index is 4.58. The molecule has 7 nitrogen and oxygen atoms in total. The maximum Gasteiger partial charge on any atom is 0.200 e. The normalized spacial score (nSPS) is 11.1. The molecule has 0 bridgehead atoms. The number of H-pyrrole nitrogens is 1. The van der Waals surface area contributed by atoms with Crippen molar-refractivity contribution in [1.82, 2.24) is 30.0 Å². The van der Waals surface area contributed by atoms with Crippen molar-refractivity contribution in [2.45, 2.75) is 20.4 Å². The Morgan fingerprint density at radius 3 is 2.75 bits per heavy atom. The van der Waals surface area contributed by atoms with Gasteiger partial charge in [-0.25, -0.2) is 0 Å². The fourth-order valence-electron chi connectivity index (χ4n) is 2.72. The van der Waals surface area contributed by atoms with Crippen molar-refractivity contribution in [2.75, 3.05) is 5.32 Å². The monoisotopic (exact) mass is 319 g/mol. The number of aryl methyl sites for hydroxylation is 2. The van der Waals surface area contributed by atoms with E-state index in [4.69, 9.17) is 0 Å². The molecule has 4 rings (SSSR count). The van der Waals surface area contributed by atoms with Gasteiger partial charge in [-0.1, -0.05) is 30.3 Å². The van der Waals surface area contributed by atoms with Crippen LogP contribution in [0.2, 0.25) is 0 Å². The molecule has 0 unspecified atom stereocenters. The minimum absolute atomic E-state index is 0.662. The van der Waals surface area contributed by atoms with Gasteiger partial charge in [0.15, 0.2) is 0 Å². The van der Waals surface area contributed by atoms with Gasteiger partial charge in [-0.15, -0.1) is 10.2 Å². The van der Waals surface area contributed by atoms with Crippen LogP contribution in [0.4, 0.5) is 5.69 Å². The molecular formula is C17H17N7. The van der Waals surface area contributed by atoms with Gasteiger partial charge in [0.05, 0.1) is 17.1 Å². The Labute approximate surface area is 138 Å². The summed E-state index contributed by atoms with van der Waals surface area (Å²) in [5, 5.41) is 23.4. The van der Waals surface area contributed by atoms with Crippen molar-refractivity contribution in [3.05, 3.63) is 59.7 Å². The Morgan fingerprint density at radius 2 is 2.00 bits per heavy atom. The number of hydrogen-bond acceptors (Lipinski definition) is 5. The summed E-state index contributed by atoms with van der Waals surface area (Å²) in [5.41, 5.74) is 6.73. The first-order valence-electron chi connectivity index (χ1n) is 7.73. The first-order chi connectivity index (χ1) is 11.7. The van der Waals surface area contributed by atoms with Crippen molar-refractivity contribution in [3.8, 4) is 11.3 Å². The summed E-state index contributed by atoms with van der Waals surface area (Å²) in [6, 6.07) is 12.1. The van der Waals surface area contributed by atoms with Gasteiger partial charge < -0.3 is 5.32 Å². The van der Waals surface area contributed by atoms with E-state index in [9.17, 15) is 0 Å². The molecular weight excluding hydrogens is 302 g/mol. The lowest BCUT2D eigenvalue weighted by Crippen LogP contribution is -2.05. The van der Waals surface area contributed by atoms with E-state index in [-0.39, 0.29) is 0 Å². The molecule has 24 heavy (non-hydrogen) atoms. The van der Waals surface area contributed by atoms with E-state index < -0.39 is 0 Å². The third-order valence-corrected chi connectivity index (χ3v) is 4.07. The van der Waals surface area contributed by atoms with E-state index in [1.807, 2.05) is 50.2 Å². The number of nitrogens with zero attached hydrogens (tertiary/aromatic N) is 5. The molecule has 0 radical (unpaired) electrons. The van der Waals surface area contributed by atoms with Crippen LogP contribution in [0.15, 0.2) is 42.7 Å². The lowest BCUT2D eigenvalue weighted by Gasteiger charge is -2.10. The van der Waals surface area contributed by atoms with Gasteiger partial charge in [-0.3, -0.25) is 5.10 Å². The predicted octanol–water partition coefficient (Wildman–Crippen LogP) is 2.74. The third kappa shape index (κ3) is 2.50. The average Bonchev–Trinajstić information content (AvgIpc) is 3.20. The van der Waals surface area contributed by atoms with Crippen LogP contribution in [0.1, 0.15) is 17.0 Å². The smallest absolute Gasteiger partial charge is 0.200 e. The summed E-state index contributed by atoms with van der Waals surface area (Å²) in [7, 11) is 0. The quantitative estimate of drug-likeness (QED) is 0.604. The first kappa shape index (κ1) is 14.4. The topological polar surface area (TPSA) is 83.8 Å². The minimum Gasteiger partial charge on any atom is -0.378 e. The second-order valence-corrected chi connectivity index (χ2v) is 5.67. The molecule has 0 aliphatic heterocycles. The molecule has 0 fully saturated rings. The zero-order chi connectivity index (χ0) is 16.5. The van der Waals surface area contributed by atoms with Crippen molar-refractivity contribution >= 4 is 11.3 Å². The van der Waals surface area contributed by atoms with Crippen molar-refractivity contribution in [3.63, 3.8) is 0 Å². The fraction of sp³-hybridized carbons (Fsp3) is 0.176. The highest BCUT2D eigenvalue weighted by atomic mass is 15.3. The highest BCUT2D eigenvalue weighted by molar-refractivity contribution is 5.73. The third-order valence-electron chi connectivity index (χ3n) is 4.07. The Morgan fingerprint density at radius 1 is 1.17 bits per heavy atom. The fourth-order valence-corrected chi connectivity index (χ4v) is 2.72. The molecule has 7 heteroatoms. The highest BCUT2D eigenvalue weighted by Gasteiger charge is 2.11. The second kappa shape index (κ2) is 5.77. The zero-order valence-electron chi connectivity index (χ0n) is 13.5. The Kier molecular flexibility index (Phi) is 3.45. The van der Waals surface area contributed by atoms with Crippen LogP contribution in [-0.2, 0) is 6.54 Å². The molecule has 0 aliphatic carbocycles. The number of aromatic nitrogens is 6. The van der Waals surface area contributed by atoms with Gasteiger partial charge in [0.1, 0.15) is 6.33 Å². The summed E-state index contributed by atoms with van der Waals surface area (Å²) in [6.07, 6.45) is 1.61. The van der Waals surface area contributed by atoms with E-state index in [2.05, 4.69) is 30.8 Å². The number of hydrogen-bond donors (Lipinski definition) is 2. The predicted molar refractivity (Wildman–Crippen MR) is 91.6 cm³/mol. The van der Waals surface area contributed by atoms with Crippen LogP contribution in [0.25, 0.3) is 16.9 Å². The Hall–Kier alpha value is -3.22. The Balaban J connectivity index is 1.73. The molecule has 3 aromatic heterocycles. The number of aromatic amines is 1. The van der Waals surface area contributed by atoms with Crippen molar-refractivity contribution in [2.24, 2.45) is 0 Å². The van der Waals surface area contributed by atoms with Crippen molar-refractivity contribution in [1.29, 1.82) is 0 Å². The number of nitrogens with one attached hydrogen (secondary N) is 2. The van der Waals surface area contributed by atoms with E-state index in [1.54, 1.807) is 10.8 Å². The van der Waals surface area contributed by atoms with E-state index in [0.717, 1.165) is 33.9 Å². The van der Waals surface area contributed by atoms with Crippen LogP contribution in [0.5, 0.6) is 0 Å². The minimum atomic E-state index is 0.662. The van der Waals surface area contributed by atoms with Gasteiger partial charge in [-0.2, -0.15) is 14.7 Å². The first-order valence-corrected chi connectivity index (χ1v) is 7.73. The molecule has 3 heterocycles. The van der Waals surface area contributed by atoms with Crippen LogP contribution < -0.4 is 5.32 Å². The van der Waals surface area contributed by atoms with Gasteiger partial charge in [0, 0.05) is 23.4 Å². The van der Waals surface area contributed by atoms with Gasteiger partial charge >= 0.3 is 0 Å². The molecule has 0 atom stereocenters. The van der Waals surface area contributed by atoms with Gasteiger partial charge in [0.2, 0.25) is 5.65 Å². The summed E-state index contributed by atoms with van der Waals surface area (Å²) in [6.45, 7) is 4.68. The number of benzene rings is 1. The van der Waals surface area contributed by atoms with Crippen LogP contribution in [0.3, 0.4) is 0 Å². The molecule has 0 spiro atoms. The SMILES string of the molecule is Cc1n[nH]c(C)c1CNc1cc(-c2ccccc2)nn2cnnc12. The average molecular weight is 319 g/mol. The highest BCUT2D eigenvalue weighted by Crippen LogP contribution is 2.23. The van der Waals surface area contributed by atoms with E-state index in [0.29, 0.717) is 12.2 Å². The summed E-state index contributed by atoms with van der Waals surface area (Å²) in [4.78, 5) is 0. The molecule has 4 aromatic rings. The summed E-state index contributed by atoms with van der Waals surface area (Å²) < 4.78 is 1.69. The molecule has 0 saturated heterocycles. The second-order valence-electron chi connectivity index (χ2n) is 5.67. The number of rotatable bonds is 4. The maximum absolute atomic E-state index is 4.58. The molecule has 120 valence electrons. The van der Waals surface area contributed by atoms with E-state index in [1.165, 1.54) is 0 Å². The molecule has 1 aromatic carbocycles. The largest absolute Gasteiger partial charge is 0.378 e. The lowest BCUT2D eigenvalue weighted by molar-refractivity contribution is 0.930. The Bertz CT molecular complexity index is 965. The molecule has 2 N–H and O–H groups in total. The molecule has 0 saturated carbocycles. The van der Waals surface area contributed by atoms with Crippen LogP contribution in [0, 0.1) is 13.8 Å². The number of anilines is 1. The molecule has 0 amide bonds.